The van der Waals surface area contributed by atoms with Crippen molar-refractivity contribution >= 4 is 5.97 Å². The predicted octanol–water partition coefficient (Wildman–Crippen LogP) is 3.18. The van der Waals surface area contributed by atoms with Crippen molar-refractivity contribution in [2.75, 3.05) is 13.2 Å². The van der Waals surface area contributed by atoms with Crippen LogP contribution in [0.5, 0.6) is 5.75 Å². The van der Waals surface area contributed by atoms with Crippen LogP contribution in [-0.4, -0.2) is 30.3 Å². The average molecular weight is 279 g/mol. The first kappa shape index (κ1) is 16.5. The Labute approximate surface area is 121 Å². The number of aromatic carboxylic acids is 1. The third-order valence-corrected chi connectivity index (χ3v) is 3.40. The number of carboxylic acids is 1. The Morgan fingerprint density at radius 2 is 2.15 bits per heavy atom. The van der Waals surface area contributed by atoms with Gasteiger partial charge in [0, 0.05) is 12.6 Å². The van der Waals surface area contributed by atoms with Gasteiger partial charge in [-0.05, 0) is 37.5 Å². The highest BCUT2D eigenvalue weighted by atomic mass is 16.5. The average Bonchev–Trinajstić information content (AvgIpc) is 2.43. The molecule has 1 aromatic carbocycles. The molecule has 0 spiro atoms. The van der Waals surface area contributed by atoms with Crippen molar-refractivity contribution in [3.63, 3.8) is 0 Å². The fourth-order valence-electron chi connectivity index (χ4n) is 2.05. The highest BCUT2D eigenvalue weighted by Crippen LogP contribution is 2.13. The first-order valence-electron chi connectivity index (χ1n) is 7.22. The second kappa shape index (κ2) is 8.59. The molecular weight excluding hydrogens is 254 g/mol. The molecule has 112 valence electrons. The number of carbonyl (C=O) groups is 1. The van der Waals surface area contributed by atoms with Crippen LogP contribution in [0.3, 0.4) is 0 Å². The molecule has 0 fully saturated rings. The summed E-state index contributed by atoms with van der Waals surface area (Å²) in [5.74, 6) is 0.391. The van der Waals surface area contributed by atoms with Crippen LogP contribution < -0.4 is 10.1 Å². The van der Waals surface area contributed by atoms with Crippen molar-refractivity contribution in [1.82, 2.24) is 5.32 Å². The number of carboxylic acid groups (broad SMARTS) is 1. The van der Waals surface area contributed by atoms with E-state index in [9.17, 15) is 4.79 Å². The van der Waals surface area contributed by atoms with E-state index in [0.29, 0.717) is 18.4 Å². The quantitative estimate of drug-likeness (QED) is 0.682. The summed E-state index contributed by atoms with van der Waals surface area (Å²) < 4.78 is 5.55. The SMILES string of the molecule is CCC(C)CC(C)NCCOc1cccc(C(=O)O)c1. The Morgan fingerprint density at radius 3 is 2.80 bits per heavy atom. The van der Waals surface area contributed by atoms with Gasteiger partial charge in [-0.15, -0.1) is 0 Å². The lowest BCUT2D eigenvalue weighted by atomic mass is 10.0. The maximum Gasteiger partial charge on any atom is 0.335 e. The standard InChI is InChI=1S/C16H25NO3/c1-4-12(2)10-13(3)17-8-9-20-15-7-5-6-14(11-15)16(18)19/h5-7,11-13,17H,4,8-10H2,1-3H3,(H,18,19). The molecule has 1 rings (SSSR count). The minimum absolute atomic E-state index is 0.251. The van der Waals surface area contributed by atoms with Crippen LogP contribution in [0.1, 0.15) is 44.0 Å². The zero-order valence-electron chi connectivity index (χ0n) is 12.6. The lowest BCUT2D eigenvalue weighted by Gasteiger charge is -2.17. The van der Waals surface area contributed by atoms with E-state index in [-0.39, 0.29) is 5.56 Å². The van der Waals surface area contributed by atoms with Crippen LogP contribution in [-0.2, 0) is 0 Å². The lowest BCUT2D eigenvalue weighted by molar-refractivity contribution is 0.0696. The number of hydrogen-bond donors (Lipinski definition) is 2. The lowest BCUT2D eigenvalue weighted by Crippen LogP contribution is -2.31. The fourth-order valence-corrected chi connectivity index (χ4v) is 2.05. The second-order valence-corrected chi connectivity index (χ2v) is 5.29. The minimum Gasteiger partial charge on any atom is -0.492 e. The summed E-state index contributed by atoms with van der Waals surface area (Å²) in [6, 6.07) is 7.04. The molecule has 0 aliphatic rings. The summed E-state index contributed by atoms with van der Waals surface area (Å²) in [4.78, 5) is 10.8. The molecule has 2 N–H and O–H groups in total. The van der Waals surface area contributed by atoms with E-state index in [0.717, 1.165) is 18.9 Å². The number of rotatable bonds is 9. The molecule has 20 heavy (non-hydrogen) atoms. The van der Waals surface area contributed by atoms with E-state index < -0.39 is 5.97 Å². The van der Waals surface area contributed by atoms with Crippen molar-refractivity contribution in [3.05, 3.63) is 29.8 Å². The zero-order chi connectivity index (χ0) is 15.0. The van der Waals surface area contributed by atoms with Crippen molar-refractivity contribution in [2.45, 2.75) is 39.7 Å². The normalized spacial score (nSPS) is 13.8. The monoisotopic (exact) mass is 279 g/mol. The molecular formula is C16H25NO3. The molecule has 0 heterocycles. The van der Waals surface area contributed by atoms with Gasteiger partial charge >= 0.3 is 5.97 Å². The molecule has 0 aliphatic heterocycles. The first-order chi connectivity index (χ1) is 9.52. The molecule has 2 atom stereocenters. The molecule has 4 heteroatoms. The van der Waals surface area contributed by atoms with Gasteiger partial charge in [-0.25, -0.2) is 4.79 Å². The molecule has 1 aromatic rings. The fraction of sp³-hybridized carbons (Fsp3) is 0.562. The smallest absolute Gasteiger partial charge is 0.335 e. The molecule has 0 radical (unpaired) electrons. The Kier molecular flexibility index (Phi) is 7.09. The van der Waals surface area contributed by atoms with Gasteiger partial charge in [0.05, 0.1) is 5.56 Å². The van der Waals surface area contributed by atoms with Gasteiger partial charge < -0.3 is 15.2 Å². The van der Waals surface area contributed by atoms with Gasteiger partial charge in [0.25, 0.3) is 0 Å². The van der Waals surface area contributed by atoms with Crippen molar-refractivity contribution in [1.29, 1.82) is 0 Å². The van der Waals surface area contributed by atoms with Gasteiger partial charge in [-0.2, -0.15) is 0 Å². The number of nitrogens with one attached hydrogen (secondary N) is 1. The largest absolute Gasteiger partial charge is 0.492 e. The zero-order valence-corrected chi connectivity index (χ0v) is 12.6. The van der Waals surface area contributed by atoms with Gasteiger partial charge in [-0.1, -0.05) is 26.3 Å². The topological polar surface area (TPSA) is 58.6 Å². The highest BCUT2D eigenvalue weighted by molar-refractivity contribution is 5.87. The van der Waals surface area contributed by atoms with Gasteiger partial charge in [0.15, 0.2) is 0 Å². The molecule has 0 bridgehead atoms. The van der Waals surface area contributed by atoms with Crippen molar-refractivity contribution in [3.8, 4) is 5.75 Å². The third kappa shape index (κ3) is 6.06. The molecule has 4 nitrogen and oxygen atoms in total. The van der Waals surface area contributed by atoms with Gasteiger partial charge in [0.1, 0.15) is 12.4 Å². The third-order valence-electron chi connectivity index (χ3n) is 3.40. The van der Waals surface area contributed by atoms with Crippen LogP contribution in [0.2, 0.25) is 0 Å². The van der Waals surface area contributed by atoms with Crippen molar-refractivity contribution in [2.24, 2.45) is 5.92 Å². The first-order valence-corrected chi connectivity index (χ1v) is 7.22. The Morgan fingerprint density at radius 1 is 1.40 bits per heavy atom. The summed E-state index contributed by atoms with van der Waals surface area (Å²) in [6.07, 6.45) is 2.36. The van der Waals surface area contributed by atoms with E-state index in [1.54, 1.807) is 24.3 Å². The maximum atomic E-state index is 10.8. The van der Waals surface area contributed by atoms with Gasteiger partial charge in [0.2, 0.25) is 0 Å². The van der Waals surface area contributed by atoms with Crippen LogP contribution in [0.4, 0.5) is 0 Å². The molecule has 2 unspecified atom stereocenters. The van der Waals surface area contributed by atoms with E-state index in [1.807, 2.05) is 0 Å². The number of ether oxygens (including phenoxy) is 1. The summed E-state index contributed by atoms with van der Waals surface area (Å²) in [5, 5.41) is 12.3. The maximum absolute atomic E-state index is 10.8. The van der Waals surface area contributed by atoms with Crippen LogP contribution >= 0.6 is 0 Å². The summed E-state index contributed by atoms with van der Waals surface area (Å²) in [6.45, 7) is 7.93. The molecule has 0 aromatic heterocycles. The van der Waals surface area contributed by atoms with Gasteiger partial charge in [-0.3, -0.25) is 0 Å². The summed E-state index contributed by atoms with van der Waals surface area (Å²) in [7, 11) is 0. The van der Waals surface area contributed by atoms with E-state index in [4.69, 9.17) is 9.84 Å². The van der Waals surface area contributed by atoms with E-state index >= 15 is 0 Å². The van der Waals surface area contributed by atoms with E-state index in [1.165, 1.54) is 6.42 Å². The summed E-state index contributed by atoms with van der Waals surface area (Å²) in [5.41, 5.74) is 0.251. The van der Waals surface area contributed by atoms with Crippen LogP contribution in [0.25, 0.3) is 0 Å². The van der Waals surface area contributed by atoms with Crippen LogP contribution in [0, 0.1) is 5.92 Å². The Hall–Kier alpha value is -1.55. The van der Waals surface area contributed by atoms with Crippen LogP contribution in [0.15, 0.2) is 24.3 Å². The Bertz CT molecular complexity index is 420. The second-order valence-electron chi connectivity index (χ2n) is 5.29. The Balaban J connectivity index is 2.27. The number of hydrogen-bond acceptors (Lipinski definition) is 3. The summed E-state index contributed by atoms with van der Waals surface area (Å²) >= 11 is 0. The minimum atomic E-state index is -0.934. The predicted molar refractivity (Wildman–Crippen MR) is 80.4 cm³/mol. The highest BCUT2D eigenvalue weighted by Gasteiger charge is 2.07. The molecule has 0 saturated carbocycles. The van der Waals surface area contributed by atoms with Crippen molar-refractivity contribution < 1.29 is 14.6 Å². The number of benzene rings is 1. The van der Waals surface area contributed by atoms with E-state index in [2.05, 4.69) is 26.1 Å². The molecule has 0 amide bonds. The molecule has 0 aliphatic carbocycles. The molecule has 0 saturated heterocycles.